The standard InChI is InChI=1S/C12H26N2/c1-3-14(4-2)11-10-13-9-8-12-6-5-7-12/h12-13H,3-11H2,1-2H3. The van der Waals surface area contributed by atoms with Gasteiger partial charge in [-0.15, -0.1) is 0 Å². The maximum Gasteiger partial charge on any atom is 0.0107 e. The fraction of sp³-hybridized carbons (Fsp3) is 1.00. The minimum absolute atomic E-state index is 1.05. The fourth-order valence-electron chi connectivity index (χ4n) is 1.99. The van der Waals surface area contributed by atoms with Gasteiger partial charge in [-0.2, -0.15) is 0 Å². The van der Waals surface area contributed by atoms with Crippen LogP contribution in [0.25, 0.3) is 0 Å². The summed E-state index contributed by atoms with van der Waals surface area (Å²) in [6.45, 7) is 10.4. The number of nitrogens with one attached hydrogen (secondary N) is 1. The smallest absolute Gasteiger partial charge is 0.0107 e. The third kappa shape index (κ3) is 4.43. The Morgan fingerprint density at radius 2 is 1.86 bits per heavy atom. The first-order chi connectivity index (χ1) is 6.86. The van der Waals surface area contributed by atoms with Gasteiger partial charge in [0.25, 0.3) is 0 Å². The lowest BCUT2D eigenvalue weighted by Crippen LogP contribution is -2.33. The molecule has 1 saturated carbocycles. The van der Waals surface area contributed by atoms with Crippen molar-refractivity contribution in [2.24, 2.45) is 5.92 Å². The van der Waals surface area contributed by atoms with Gasteiger partial charge in [-0.3, -0.25) is 0 Å². The van der Waals surface area contributed by atoms with E-state index in [4.69, 9.17) is 0 Å². The van der Waals surface area contributed by atoms with Gasteiger partial charge in [-0.25, -0.2) is 0 Å². The van der Waals surface area contributed by atoms with Gasteiger partial charge < -0.3 is 10.2 Å². The lowest BCUT2D eigenvalue weighted by Gasteiger charge is -2.25. The van der Waals surface area contributed by atoms with E-state index >= 15 is 0 Å². The topological polar surface area (TPSA) is 15.3 Å². The van der Waals surface area contributed by atoms with Crippen molar-refractivity contribution in [1.29, 1.82) is 0 Å². The van der Waals surface area contributed by atoms with Crippen molar-refractivity contribution in [3.05, 3.63) is 0 Å². The second kappa shape index (κ2) is 7.24. The minimum Gasteiger partial charge on any atom is -0.315 e. The first-order valence-corrected chi connectivity index (χ1v) is 6.29. The van der Waals surface area contributed by atoms with Crippen LogP contribution in [0.3, 0.4) is 0 Å². The van der Waals surface area contributed by atoms with Crippen LogP contribution in [0.15, 0.2) is 0 Å². The van der Waals surface area contributed by atoms with Crippen LogP contribution in [-0.4, -0.2) is 37.6 Å². The molecule has 1 fully saturated rings. The van der Waals surface area contributed by atoms with Crippen LogP contribution in [-0.2, 0) is 0 Å². The number of likely N-dealkylation sites (N-methyl/N-ethyl adjacent to an activating group) is 1. The molecule has 84 valence electrons. The average molecular weight is 198 g/mol. The van der Waals surface area contributed by atoms with Crippen molar-refractivity contribution in [2.45, 2.75) is 39.5 Å². The van der Waals surface area contributed by atoms with Gasteiger partial charge in [-0.1, -0.05) is 33.1 Å². The number of hydrogen-bond acceptors (Lipinski definition) is 2. The maximum atomic E-state index is 3.54. The second-order valence-electron chi connectivity index (χ2n) is 4.36. The van der Waals surface area contributed by atoms with Gasteiger partial charge in [0.2, 0.25) is 0 Å². The molecule has 1 N–H and O–H groups in total. The normalized spacial score (nSPS) is 17.4. The van der Waals surface area contributed by atoms with E-state index in [1.165, 1.54) is 51.9 Å². The van der Waals surface area contributed by atoms with Crippen LogP contribution >= 0.6 is 0 Å². The zero-order chi connectivity index (χ0) is 10.2. The Morgan fingerprint density at radius 3 is 2.36 bits per heavy atom. The molecule has 2 nitrogen and oxygen atoms in total. The Kier molecular flexibility index (Phi) is 6.20. The van der Waals surface area contributed by atoms with Crippen molar-refractivity contribution < 1.29 is 0 Å². The largest absolute Gasteiger partial charge is 0.315 e. The Labute approximate surface area is 89.1 Å². The molecule has 1 aliphatic rings. The lowest BCUT2D eigenvalue weighted by atomic mass is 9.83. The molecule has 0 bridgehead atoms. The molecule has 0 amide bonds. The molecule has 0 aromatic rings. The predicted octanol–water partition coefficient (Wildman–Crippen LogP) is 2.11. The van der Waals surface area contributed by atoms with E-state index in [1.807, 2.05) is 0 Å². The van der Waals surface area contributed by atoms with Crippen molar-refractivity contribution in [1.82, 2.24) is 10.2 Å². The maximum absolute atomic E-state index is 3.54. The van der Waals surface area contributed by atoms with Crippen LogP contribution < -0.4 is 5.32 Å². The van der Waals surface area contributed by atoms with Crippen LogP contribution in [0.1, 0.15) is 39.5 Å². The summed E-state index contributed by atoms with van der Waals surface area (Å²) >= 11 is 0. The summed E-state index contributed by atoms with van der Waals surface area (Å²) in [7, 11) is 0. The molecule has 0 atom stereocenters. The van der Waals surface area contributed by atoms with Gasteiger partial charge in [0, 0.05) is 13.1 Å². The van der Waals surface area contributed by atoms with Crippen molar-refractivity contribution >= 4 is 0 Å². The van der Waals surface area contributed by atoms with Gasteiger partial charge in [0.1, 0.15) is 0 Å². The first kappa shape index (κ1) is 12.0. The molecule has 1 rings (SSSR count). The minimum atomic E-state index is 1.05. The summed E-state index contributed by atoms with van der Waals surface area (Å²) < 4.78 is 0. The van der Waals surface area contributed by atoms with Crippen molar-refractivity contribution in [3.8, 4) is 0 Å². The van der Waals surface area contributed by atoms with Crippen molar-refractivity contribution in [2.75, 3.05) is 32.7 Å². The van der Waals surface area contributed by atoms with Gasteiger partial charge in [0.05, 0.1) is 0 Å². The highest BCUT2D eigenvalue weighted by Gasteiger charge is 2.15. The summed E-state index contributed by atoms with van der Waals surface area (Å²) in [5.74, 6) is 1.05. The van der Waals surface area contributed by atoms with Gasteiger partial charge >= 0.3 is 0 Å². The molecule has 0 aromatic carbocycles. The van der Waals surface area contributed by atoms with Crippen LogP contribution in [0.2, 0.25) is 0 Å². The van der Waals surface area contributed by atoms with Crippen LogP contribution in [0.4, 0.5) is 0 Å². The molecule has 0 aliphatic heterocycles. The molecule has 0 heterocycles. The number of hydrogen-bond donors (Lipinski definition) is 1. The van der Waals surface area contributed by atoms with Gasteiger partial charge in [0.15, 0.2) is 0 Å². The summed E-state index contributed by atoms with van der Waals surface area (Å²) in [5.41, 5.74) is 0. The third-order valence-electron chi connectivity index (χ3n) is 3.45. The van der Waals surface area contributed by atoms with E-state index in [-0.39, 0.29) is 0 Å². The molecule has 0 saturated heterocycles. The molecular formula is C12H26N2. The zero-order valence-electron chi connectivity index (χ0n) is 9.89. The lowest BCUT2D eigenvalue weighted by molar-refractivity contribution is 0.279. The van der Waals surface area contributed by atoms with Gasteiger partial charge in [-0.05, 0) is 32.0 Å². The Bertz CT molecular complexity index is 128. The highest BCUT2D eigenvalue weighted by atomic mass is 15.1. The average Bonchev–Trinajstić information content (AvgIpc) is 2.14. The molecule has 0 spiro atoms. The van der Waals surface area contributed by atoms with E-state index in [0.29, 0.717) is 0 Å². The second-order valence-corrected chi connectivity index (χ2v) is 4.36. The van der Waals surface area contributed by atoms with E-state index in [9.17, 15) is 0 Å². The van der Waals surface area contributed by atoms with E-state index in [0.717, 1.165) is 12.5 Å². The molecule has 1 aliphatic carbocycles. The predicted molar refractivity (Wildman–Crippen MR) is 62.6 cm³/mol. The Balaban J connectivity index is 1.83. The summed E-state index contributed by atoms with van der Waals surface area (Å²) in [4.78, 5) is 2.47. The molecular weight excluding hydrogens is 172 g/mol. The van der Waals surface area contributed by atoms with E-state index in [1.54, 1.807) is 0 Å². The molecule has 0 aromatic heterocycles. The Hall–Kier alpha value is -0.0800. The van der Waals surface area contributed by atoms with Crippen molar-refractivity contribution in [3.63, 3.8) is 0 Å². The van der Waals surface area contributed by atoms with Crippen LogP contribution in [0, 0.1) is 5.92 Å². The molecule has 0 unspecified atom stereocenters. The quantitative estimate of drug-likeness (QED) is 0.601. The highest BCUT2D eigenvalue weighted by Crippen LogP contribution is 2.28. The monoisotopic (exact) mass is 198 g/mol. The fourth-order valence-corrected chi connectivity index (χ4v) is 1.99. The van der Waals surface area contributed by atoms with E-state index in [2.05, 4.69) is 24.1 Å². The first-order valence-electron chi connectivity index (χ1n) is 6.29. The number of rotatable bonds is 8. The molecule has 0 radical (unpaired) electrons. The summed E-state index contributed by atoms with van der Waals surface area (Å²) in [6.07, 6.45) is 5.85. The SMILES string of the molecule is CCN(CC)CCNCCC1CCC1. The molecule has 2 heteroatoms. The molecule has 14 heavy (non-hydrogen) atoms. The third-order valence-corrected chi connectivity index (χ3v) is 3.45. The zero-order valence-corrected chi connectivity index (χ0v) is 9.89. The number of nitrogens with zero attached hydrogens (tertiary/aromatic N) is 1. The Morgan fingerprint density at radius 1 is 1.14 bits per heavy atom. The summed E-state index contributed by atoms with van der Waals surface area (Å²) in [5, 5.41) is 3.54. The highest BCUT2D eigenvalue weighted by molar-refractivity contribution is 4.70. The van der Waals surface area contributed by atoms with E-state index < -0.39 is 0 Å². The van der Waals surface area contributed by atoms with Crippen LogP contribution in [0.5, 0.6) is 0 Å². The summed E-state index contributed by atoms with van der Waals surface area (Å²) in [6, 6.07) is 0.